The number of carbonyl (C=O) groups is 1. The fourth-order valence-corrected chi connectivity index (χ4v) is 2.00. The molecule has 0 aliphatic rings. The third kappa shape index (κ3) is 7.61. The summed E-state index contributed by atoms with van der Waals surface area (Å²) in [4.78, 5) is 13.3. The zero-order valence-corrected chi connectivity index (χ0v) is 10.5. The molecule has 0 fully saturated rings. The van der Waals surface area contributed by atoms with E-state index in [2.05, 4.69) is 17.2 Å². The van der Waals surface area contributed by atoms with Crippen LogP contribution in [0.4, 0.5) is 0 Å². The van der Waals surface area contributed by atoms with Crippen LogP contribution in [-0.4, -0.2) is 16.1 Å². The van der Waals surface area contributed by atoms with Crippen LogP contribution in [0.3, 0.4) is 0 Å². The Balaban J connectivity index is 1.80. The highest BCUT2D eigenvalue weighted by atomic mass is 16.4. The Labute approximate surface area is 103 Å². The van der Waals surface area contributed by atoms with E-state index >= 15 is 0 Å². The van der Waals surface area contributed by atoms with Gasteiger partial charge in [-0.15, -0.1) is 0 Å². The number of hydrogen-bond acceptors (Lipinski definition) is 1. The minimum absolute atomic E-state index is 0.327. The molecule has 0 saturated heterocycles. The third-order valence-electron chi connectivity index (χ3n) is 3.02. The van der Waals surface area contributed by atoms with E-state index in [1.54, 1.807) is 0 Å². The van der Waals surface area contributed by atoms with Crippen molar-refractivity contribution < 1.29 is 9.90 Å². The maximum atomic E-state index is 10.3. The smallest absolute Gasteiger partial charge is 0.303 e. The van der Waals surface area contributed by atoms with Gasteiger partial charge >= 0.3 is 5.97 Å². The number of carboxylic acids is 1. The quantitative estimate of drug-likeness (QED) is 0.609. The summed E-state index contributed by atoms with van der Waals surface area (Å²) in [5.74, 6) is -0.670. The van der Waals surface area contributed by atoms with Crippen LogP contribution in [0, 0.1) is 0 Å². The monoisotopic (exact) mass is 237 g/mol. The molecule has 0 amide bonds. The molecule has 1 rings (SSSR count). The van der Waals surface area contributed by atoms with Gasteiger partial charge in [-0.05, 0) is 30.9 Å². The highest BCUT2D eigenvalue weighted by Gasteiger charge is 1.97. The van der Waals surface area contributed by atoms with Gasteiger partial charge in [-0.3, -0.25) is 4.79 Å². The Morgan fingerprint density at radius 1 is 1.06 bits per heavy atom. The number of unbranched alkanes of at least 4 members (excludes halogenated alkanes) is 6. The Morgan fingerprint density at radius 3 is 2.29 bits per heavy atom. The summed E-state index contributed by atoms with van der Waals surface area (Å²) in [7, 11) is 0. The fraction of sp³-hybridized carbons (Fsp3) is 0.643. The number of aromatic nitrogens is 1. The van der Waals surface area contributed by atoms with Gasteiger partial charge in [0.2, 0.25) is 0 Å². The Hall–Kier alpha value is -1.25. The molecular weight excluding hydrogens is 214 g/mol. The lowest BCUT2D eigenvalue weighted by Gasteiger charge is -2.01. The number of aryl methyl sites for hydroxylation is 1. The number of aromatic amines is 1. The molecule has 0 unspecified atom stereocenters. The second-order valence-corrected chi connectivity index (χ2v) is 4.59. The van der Waals surface area contributed by atoms with E-state index < -0.39 is 5.97 Å². The van der Waals surface area contributed by atoms with E-state index in [1.165, 1.54) is 44.1 Å². The van der Waals surface area contributed by atoms with Crippen LogP contribution in [0.15, 0.2) is 18.5 Å². The maximum absolute atomic E-state index is 10.3. The van der Waals surface area contributed by atoms with E-state index in [1.807, 2.05) is 6.20 Å². The highest BCUT2D eigenvalue weighted by Crippen LogP contribution is 2.10. The summed E-state index contributed by atoms with van der Waals surface area (Å²) in [6, 6.07) is 2.13. The molecule has 3 heteroatoms. The fourth-order valence-electron chi connectivity index (χ4n) is 2.00. The molecule has 0 radical (unpaired) electrons. The molecular formula is C14H23NO2. The second kappa shape index (κ2) is 8.85. The van der Waals surface area contributed by atoms with Crippen molar-refractivity contribution in [1.29, 1.82) is 0 Å². The molecule has 0 aliphatic carbocycles. The number of nitrogens with one attached hydrogen (secondary N) is 1. The minimum Gasteiger partial charge on any atom is -0.481 e. The first-order valence-electron chi connectivity index (χ1n) is 6.62. The number of H-pyrrole nitrogens is 1. The van der Waals surface area contributed by atoms with Crippen LogP contribution >= 0.6 is 0 Å². The average Bonchev–Trinajstić information content (AvgIpc) is 2.79. The third-order valence-corrected chi connectivity index (χ3v) is 3.02. The van der Waals surface area contributed by atoms with E-state index in [-0.39, 0.29) is 0 Å². The van der Waals surface area contributed by atoms with E-state index in [0.29, 0.717) is 6.42 Å². The second-order valence-electron chi connectivity index (χ2n) is 4.59. The van der Waals surface area contributed by atoms with Crippen LogP contribution in [0.25, 0.3) is 0 Å². The summed E-state index contributed by atoms with van der Waals surface area (Å²) in [6.07, 6.45) is 13.7. The average molecular weight is 237 g/mol. The molecule has 96 valence electrons. The Bertz CT molecular complexity index is 293. The van der Waals surface area contributed by atoms with Crippen molar-refractivity contribution in [3.05, 3.63) is 24.0 Å². The zero-order valence-electron chi connectivity index (χ0n) is 10.5. The summed E-state index contributed by atoms with van der Waals surface area (Å²) in [5, 5.41) is 8.47. The molecule has 2 N–H and O–H groups in total. The van der Waals surface area contributed by atoms with Crippen molar-refractivity contribution in [2.45, 2.75) is 57.8 Å². The highest BCUT2D eigenvalue weighted by molar-refractivity contribution is 5.66. The largest absolute Gasteiger partial charge is 0.481 e. The minimum atomic E-state index is -0.670. The van der Waals surface area contributed by atoms with Crippen molar-refractivity contribution in [1.82, 2.24) is 4.98 Å². The van der Waals surface area contributed by atoms with Crippen molar-refractivity contribution in [2.75, 3.05) is 0 Å². The summed E-state index contributed by atoms with van der Waals surface area (Å²) >= 11 is 0. The lowest BCUT2D eigenvalue weighted by molar-refractivity contribution is -0.137. The first kappa shape index (κ1) is 13.8. The standard InChI is InChI=1S/C14H23NO2/c16-14(17)9-7-5-3-1-2-4-6-8-13-10-11-15-12-13/h10-12,15H,1-9H2,(H,16,17). The maximum Gasteiger partial charge on any atom is 0.303 e. The van der Waals surface area contributed by atoms with Crippen LogP contribution in [0.2, 0.25) is 0 Å². The molecule has 1 aromatic rings. The molecule has 0 atom stereocenters. The summed E-state index contributed by atoms with van der Waals surface area (Å²) in [5.41, 5.74) is 1.39. The Morgan fingerprint density at radius 2 is 1.71 bits per heavy atom. The van der Waals surface area contributed by atoms with Gasteiger partial charge in [-0.2, -0.15) is 0 Å². The molecule has 0 bridgehead atoms. The molecule has 1 heterocycles. The predicted octanol–water partition coefficient (Wildman–Crippen LogP) is 3.76. The van der Waals surface area contributed by atoms with Crippen molar-refractivity contribution in [3.63, 3.8) is 0 Å². The first-order valence-corrected chi connectivity index (χ1v) is 6.62. The van der Waals surface area contributed by atoms with Crippen molar-refractivity contribution in [3.8, 4) is 0 Å². The van der Waals surface area contributed by atoms with Crippen LogP contribution in [0.5, 0.6) is 0 Å². The van der Waals surface area contributed by atoms with E-state index in [4.69, 9.17) is 5.11 Å². The molecule has 1 aromatic heterocycles. The van der Waals surface area contributed by atoms with Gasteiger partial charge < -0.3 is 10.1 Å². The van der Waals surface area contributed by atoms with Crippen molar-refractivity contribution >= 4 is 5.97 Å². The molecule has 3 nitrogen and oxygen atoms in total. The van der Waals surface area contributed by atoms with Crippen LogP contribution < -0.4 is 0 Å². The topological polar surface area (TPSA) is 53.1 Å². The number of aliphatic carboxylic acids is 1. The normalized spacial score (nSPS) is 10.6. The van der Waals surface area contributed by atoms with E-state index in [0.717, 1.165) is 12.8 Å². The lowest BCUT2D eigenvalue weighted by atomic mass is 10.1. The summed E-state index contributed by atoms with van der Waals surface area (Å²) in [6.45, 7) is 0. The molecule has 0 spiro atoms. The molecule has 0 aromatic carbocycles. The van der Waals surface area contributed by atoms with E-state index in [9.17, 15) is 4.79 Å². The number of carboxylic acid groups (broad SMARTS) is 1. The van der Waals surface area contributed by atoms with Crippen molar-refractivity contribution in [2.24, 2.45) is 0 Å². The lowest BCUT2D eigenvalue weighted by Crippen LogP contribution is -1.93. The van der Waals surface area contributed by atoms with Crippen LogP contribution in [0.1, 0.15) is 56.9 Å². The van der Waals surface area contributed by atoms with Gasteiger partial charge in [0, 0.05) is 18.8 Å². The van der Waals surface area contributed by atoms with Gasteiger partial charge in [-0.1, -0.05) is 32.1 Å². The molecule has 17 heavy (non-hydrogen) atoms. The van der Waals surface area contributed by atoms with Gasteiger partial charge in [0.1, 0.15) is 0 Å². The molecule has 0 saturated carbocycles. The number of rotatable bonds is 10. The summed E-state index contributed by atoms with van der Waals surface area (Å²) < 4.78 is 0. The SMILES string of the molecule is O=C(O)CCCCCCCCCc1cc[nH]c1. The van der Waals surface area contributed by atoms with Gasteiger partial charge in [0.25, 0.3) is 0 Å². The van der Waals surface area contributed by atoms with Gasteiger partial charge in [0.05, 0.1) is 0 Å². The van der Waals surface area contributed by atoms with Gasteiger partial charge in [0.15, 0.2) is 0 Å². The van der Waals surface area contributed by atoms with Gasteiger partial charge in [-0.25, -0.2) is 0 Å². The zero-order chi connectivity index (χ0) is 12.3. The van der Waals surface area contributed by atoms with Crippen LogP contribution in [-0.2, 0) is 11.2 Å². The Kier molecular flexibility index (Phi) is 7.19. The molecule has 0 aliphatic heterocycles. The first-order chi connectivity index (χ1) is 8.29. The predicted molar refractivity (Wildman–Crippen MR) is 69.1 cm³/mol. The number of hydrogen-bond donors (Lipinski definition) is 2.